The molecule has 2 rings (SSSR count). The molecule has 0 bridgehead atoms. The van der Waals surface area contributed by atoms with Gasteiger partial charge >= 0.3 is 0 Å². The number of rotatable bonds is 6. The minimum absolute atomic E-state index is 0.0855. The van der Waals surface area contributed by atoms with Crippen LogP contribution in [0.5, 0.6) is 0 Å². The highest BCUT2D eigenvalue weighted by molar-refractivity contribution is 9.10. The van der Waals surface area contributed by atoms with Crippen molar-refractivity contribution >= 4 is 21.9 Å². The average Bonchev–Trinajstić information content (AvgIpc) is 2.57. The Labute approximate surface area is 147 Å². The third-order valence-corrected chi connectivity index (χ3v) is 4.49. The van der Waals surface area contributed by atoms with Gasteiger partial charge in [0.2, 0.25) is 0 Å². The number of nitrogens with zero attached hydrogens (tertiary/aromatic N) is 2. The van der Waals surface area contributed by atoms with E-state index in [1.54, 1.807) is 0 Å². The Morgan fingerprint density at radius 1 is 1.30 bits per heavy atom. The van der Waals surface area contributed by atoms with Crippen molar-refractivity contribution in [2.45, 2.75) is 32.4 Å². The van der Waals surface area contributed by atoms with Crippen molar-refractivity contribution < 1.29 is 5.11 Å². The summed E-state index contributed by atoms with van der Waals surface area (Å²) in [4.78, 5) is 6.85. The Balaban J connectivity index is 1.77. The predicted molar refractivity (Wildman–Crippen MR) is 98.6 cm³/mol. The second kappa shape index (κ2) is 9.90. The van der Waals surface area contributed by atoms with Gasteiger partial charge in [-0.15, -0.1) is 0 Å². The van der Waals surface area contributed by atoms with Gasteiger partial charge in [-0.25, -0.2) is 0 Å². The third kappa shape index (κ3) is 6.49. The fourth-order valence-electron chi connectivity index (χ4n) is 2.76. The lowest BCUT2D eigenvalue weighted by Gasteiger charge is -2.33. The molecule has 1 aliphatic heterocycles. The van der Waals surface area contributed by atoms with Crippen LogP contribution in [0.15, 0.2) is 33.7 Å². The second-order valence-corrected chi connectivity index (χ2v) is 6.72. The van der Waals surface area contributed by atoms with Crippen LogP contribution in [-0.2, 0) is 6.54 Å². The van der Waals surface area contributed by atoms with Crippen molar-refractivity contribution in [3.63, 3.8) is 0 Å². The van der Waals surface area contributed by atoms with Gasteiger partial charge < -0.3 is 15.7 Å². The molecule has 0 amide bonds. The lowest BCUT2D eigenvalue weighted by Crippen LogP contribution is -2.48. The molecule has 0 unspecified atom stereocenters. The van der Waals surface area contributed by atoms with Crippen molar-refractivity contribution in [3.8, 4) is 0 Å². The first-order chi connectivity index (χ1) is 11.2. The van der Waals surface area contributed by atoms with Gasteiger partial charge in [0.05, 0.1) is 13.2 Å². The molecule has 0 aliphatic carbocycles. The summed E-state index contributed by atoms with van der Waals surface area (Å²) in [7, 11) is 0. The lowest BCUT2D eigenvalue weighted by molar-refractivity contribution is 0.198. The number of benzene rings is 1. The molecule has 1 aromatic rings. The Bertz CT molecular complexity index is 484. The highest BCUT2D eigenvalue weighted by atomic mass is 79.9. The standard InChI is InChI=1S/C17H27BrN4O/c1-2-19-17(20-9-12-23)21-16-7-10-22(11-8-16)13-14-3-5-15(18)6-4-14/h3-6,16,23H,2,7-13H2,1H3,(H2,19,20,21). The molecule has 0 atom stereocenters. The molecule has 1 heterocycles. The van der Waals surface area contributed by atoms with Crippen molar-refractivity contribution in [2.24, 2.45) is 4.99 Å². The van der Waals surface area contributed by atoms with Crippen molar-refractivity contribution in [1.82, 2.24) is 15.5 Å². The molecular formula is C17H27BrN4O. The number of aliphatic hydroxyl groups excluding tert-OH is 1. The molecular weight excluding hydrogens is 356 g/mol. The molecule has 1 aliphatic rings. The van der Waals surface area contributed by atoms with Crippen LogP contribution in [-0.4, -0.2) is 54.8 Å². The summed E-state index contributed by atoms with van der Waals surface area (Å²) in [6.07, 6.45) is 2.22. The van der Waals surface area contributed by atoms with E-state index in [1.807, 2.05) is 0 Å². The van der Waals surface area contributed by atoms with Crippen LogP contribution in [0.3, 0.4) is 0 Å². The zero-order chi connectivity index (χ0) is 16.5. The predicted octanol–water partition coefficient (Wildman–Crippen LogP) is 1.96. The van der Waals surface area contributed by atoms with Crippen LogP contribution in [0, 0.1) is 0 Å². The van der Waals surface area contributed by atoms with Gasteiger partial charge in [0.1, 0.15) is 0 Å². The highest BCUT2D eigenvalue weighted by Crippen LogP contribution is 2.16. The number of likely N-dealkylation sites (tertiary alicyclic amines) is 1. The van der Waals surface area contributed by atoms with Gasteiger partial charge in [-0.1, -0.05) is 28.1 Å². The van der Waals surface area contributed by atoms with Gasteiger partial charge in [-0.2, -0.15) is 0 Å². The Morgan fingerprint density at radius 3 is 2.61 bits per heavy atom. The number of nitrogens with one attached hydrogen (secondary N) is 2. The largest absolute Gasteiger partial charge is 0.394 e. The molecule has 3 N–H and O–H groups in total. The Morgan fingerprint density at radius 2 is 2.00 bits per heavy atom. The summed E-state index contributed by atoms with van der Waals surface area (Å²) in [6, 6.07) is 9.01. The summed E-state index contributed by atoms with van der Waals surface area (Å²) >= 11 is 3.48. The maximum Gasteiger partial charge on any atom is 0.191 e. The summed E-state index contributed by atoms with van der Waals surface area (Å²) in [5, 5.41) is 15.6. The van der Waals surface area contributed by atoms with Gasteiger partial charge in [-0.05, 0) is 37.5 Å². The zero-order valence-corrected chi connectivity index (χ0v) is 15.3. The summed E-state index contributed by atoms with van der Waals surface area (Å²) in [6.45, 7) is 6.61. The van der Waals surface area contributed by atoms with Crippen molar-refractivity contribution in [3.05, 3.63) is 34.3 Å². The molecule has 1 saturated heterocycles. The van der Waals surface area contributed by atoms with Gasteiger partial charge in [0.25, 0.3) is 0 Å². The fraction of sp³-hybridized carbons (Fsp3) is 0.588. The van der Waals surface area contributed by atoms with E-state index in [0.717, 1.165) is 49.5 Å². The maximum atomic E-state index is 8.91. The average molecular weight is 383 g/mol. The van der Waals surface area contributed by atoms with Crippen LogP contribution in [0.2, 0.25) is 0 Å². The third-order valence-electron chi connectivity index (χ3n) is 3.96. The van der Waals surface area contributed by atoms with E-state index in [9.17, 15) is 0 Å². The first-order valence-electron chi connectivity index (χ1n) is 8.33. The van der Waals surface area contributed by atoms with Gasteiger partial charge in [-0.3, -0.25) is 9.89 Å². The van der Waals surface area contributed by atoms with Crippen molar-refractivity contribution in [1.29, 1.82) is 0 Å². The van der Waals surface area contributed by atoms with Crippen LogP contribution >= 0.6 is 15.9 Å². The molecule has 1 fully saturated rings. The van der Waals surface area contributed by atoms with E-state index >= 15 is 0 Å². The van der Waals surface area contributed by atoms with Crippen LogP contribution in [0.1, 0.15) is 25.3 Å². The monoisotopic (exact) mass is 382 g/mol. The number of piperidine rings is 1. The van der Waals surface area contributed by atoms with Crippen molar-refractivity contribution in [2.75, 3.05) is 32.8 Å². The lowest BCUT2D eigenvalue weighted by atomic mass is 10.0. The van der Waals surface area contributed by atoms with Gasteiger partial charge in [0, 0.05) is 36.7 Å². The van der Waals surface area contributed by atoms with E-state index < -0.39 is 0 Å². The van der Waals surface area contributed by atoms with Crippen LogP contribution < -0.4 is 10.6 Å². The molecule has 0 radical (unpaired) electrons. The minimum atomic E-state index is 0.0855. The molecule has 128 valence electrons. The van der Waals surface area contributed by atoms with Crippen LogP contribution in [0.4, 0.5) is 0 Å². The van der Waals surface area contributed by atoms with E-state index in [4.69, 9.17) is 5.11 Å². The number of halogens is 1. The topological polar surface area (TPSA) is 59.9 Å². The molecule has 5 nitrogen and oxygen atoms in total. The minimum Gasteiger partial charge on any atom is -0.394 e. The van der Waals surface area contributed by atoms with E-state index in [-0.39, 0.29) is 6.61 Å². The number of aliphatic imine (C=N–C) groups is 1. The molecule has 0 spiro atoms. The number of guanidine groups is 1. The van der Waals surface area contributed by atoms with Gasteiger partial charge in [0.15, 0.2) is 5.96 Å². The zero-order valence-electron chi connectivity index (χ0n) is 13.8. The smallest absolute Gasteiger partial charge is 0.191 e. The second-order valence-electron chi connectivity index (χ2n) is 5.81. The molecule has 23 heavy (non-hydrogen) atoms. The van der Waals surface area contributed by atoms with E-state index in [1.165, 1.54) is 5.56 Å². The number of aliphatic hydroxyl groups is 1. The SMILES string of the molecule is CCNC(=NCCO)NC1CCN(Cc2ccc(Br)cc2)CC1. The number of hydrogen-bond acceptors (Lipinski definition) is 3. The summed E-state index contributed by atoms with van der Waals surface area (Å²) < 4.78 is 1.13. The summed E-state index contributed by atoms with van der Waals surface area (Å²) in [5.74, 6) is 0.813. The maximum absolute atomic E-state index is 8.91. The molecule has 1 aromatic carbocycles. The van der Waals surface area contributed by atoms with E-state index in [2.05, 4.69) is 67.6 Å². The summed E-state index contributed by atoms with van der Waals surface area (Å²) in [5.41, 5.74) is 1.36. The molecule has 0 aromatic heterocycles. The molecule has 0 saturated carbocycles. The van der Waals surface area contributed by atoms with E-state index in [0.29, 0.717) is 12.6 Å². The number of hydrogen-bond donors (Lipinski definition) is 3. The fourth-order valence-corrected chi connectivity index (χ4v) is 3.02. The first kappa shape index (κ1) is 18.2. The Kier molecular flexibility index (Phi) is 7.85. The normalized spacial score (nSPS) is 17.3. The first-order valence-corrected chi connectivity index (χ1v) is 9.13. The quantitative estimate of drug-likeness (QED) is 0.519. The molecule has 6 heteroatoms. The Hall–Kier alpha value is -1.11. The highest BCUT2D eigenvalue weighted by Gasteiger charge is 2.19. The van der Waals surface area contributed by atoms with Crippen LogP contribution in [0.25, 0.3) is 0 Å².